The molecular formula is C10H13N3O. The molecule has 0 amide bonds. The minimum Gasteiger partial charge on any atom is -0.469 e. The maximum atomic E-state index is 6.05. The first-order valence-electron chi connectivity index (χ1n) is 4.47. The fraction of sp³-hybridized carbons (Fsp3) is 0.300. The summed E-state index contributed by atoms with van der Waals surface area (Å²) in [6, 6.07) is 3.69. The highest BCUT2D eigenvalue weighted by Crippen LogP contribution is 2.20. The van der Waals surface area contributed by atoms with Crippen LogP contribution in [0.1, 0.15) is 23.1 Å². The summed E-state index contributed by atoms with van der Waals surface area (Å²) in [5, 5.41) is 4.08. The maximum Gasteiger partial charge on any atom is 0.101 e. The van der Waals surface area contributed by atoms with Crippen molar-refractivity contribution in [3.8, 4) is 0 Å². The van der Waals surface area contributed by atoms with Gasteiger partial charge in [-0.1, -0.05) is 0 Å². The van der Waals surface area contributed by atoms with Gasteiger partial charge >= 0.3 is 0 Å². The molecule has 2 rings (SSSR count). The van der Waals surface area contributed by atoms with Crippen molar-refractivity contribution in [3.05, 3.63) is 41.6 Å². The molecule has 0 aromatic carbocycles. The number of hydrogen-bond acceptors (Lipinski definition) is 3. The van der Waals surface area contributed by atoms with Crippen molar-refractivity contribution in [2.75, 3.05) is 0 Å². The van der Waals surface area contributed by atoms with Crippen LogP contribution in [0.15, 0.2) is 29.0 Å². The third kappa shape index (κ3) is 1.44. The van der Waals surface area contributed by atoms with E-state index in [4.69, 9.17) is 10.2 Å². The predicted octanol–water partition coefficient (Wildman–Crippen LogP) is 1.37. The van der Waals surface area contributed by atoms with Crippen molar-refractivity contribution in [3.63, 3.8) is 0 Å². The topological polar surface area (TPSA) is 57.0 Å². The number of aryl methyl sites for hydroxylation is 2. The molecular weight excluding hydrogens is 178 g/mol. The molecule has 2 N–H and O–H groups in total. The van der Waals surface area contributed by atoms with Crippen LogP contribution in [-0.4, -0.2) is 9.78 Å². The van der Waals surface area contributed by atoms with Crippen LogP contribution in [0, 0.1) is 6.92 Å². The van der Waals surface area contributed by atoms with Crippen molar-refractivity contribution in [1.29, 1.82) is 0 Å². The zero-order valence-corrected chi connectivity index (χ0v) is 8.27. The minimum atomic E-state index is -0.167. The van der Waals surface area contributed by atoms with Gasteiger partial charge in [0.1, 0.15) is 5.76 Å². The van der Waals surface area contributed by atoms with Gasteiger partial charge in [-0.3, -0.25) is 4.68 Å². The quantitative estimate of drug-likeness (QED) is 0.780. The van der Waals surface area contributed by atoms with Crippen molar-refractivity contribution in [2.24, 2.45) is 12.8 Å². The van der Waals surface area contributed by atoms with E-state index in [0.29, 0.717) is 0 Å². The smallest absolute Gasteiger partial charge is 0.101 e. The van der Waals surface area contributed by atoms with Crippen LogP contribution in [-0.2, 0) is 7.05 Å². The molecule has 0 aliphatic rings. The largest absolute Gasteiger partial charge is 0.469 e. The summed E-state index contributed by atoms with van der Waals surface area (Å²) >= 11 is 0. The minimum absolute atomic E-state index is 0.167. The molecule has 0 aliphatic heterocycles. The van der Waals surface area contributed by atoms with E-state index in [1.807, 2.05) is 26.1 Å². The van der Waals surface area contributed by atoms with E-state index in [2.05, 4.69) is 5.10 Å². The highest BCUT2D eigenvalue weighted by atomic mass is 16.3. The van der Waals surface area contributed by atoms with Crippen molar-refractivity contribution < 1.29 is 4.42 Å². The summed E-state index contributed by atoms with van der Waals surface area (Å²) in [4.78, 5) is 0. The van der Waals surface area contributed by atoms with Crippen LogP contribution in [0.4, 0.5) is 0 Å². The molecule has 4 heteroatoms. The standard InChI is InChI=1S/C10H13N3O/c1-7-5-8(6-14-7)10(11)9-3-4-12-13(9)2/h3-6,10H,11H2,1-2H3. The van der Waals surface area contributed by atoms with Crippen LogP contribution < -0.4 is 5.73 Å². The third-order valence-electron chi connectivity index (χ3n) is 2.29. The Labute approximate surface area is 82.3 Å². The van der Waals surface area contributed by atoms with E-state index in [9.17, 15) is 0 Å². The zero-order chi connectivity index (χ0) is 10.1. The van der Waals surface area contributed by atoms with Crippen LogP contribution >= 0.6 is 0 Å². The number of aromatic nitrogens is 2. The van der Waals surface area contributed by atoms with Crippen LogP contribution in [0.2, 0.25) is 0 Å². The monoisotopic (exact) mass is 191 g/mol. The Hall–Kier alpha value is -1.55. The first-order chi connectivity index (χ1) is 6.68. The SMILES string of the molecule is Cc1cc(C(N)c2ccnn2C)co1. The summed E-state index contributed by atoms with van der Waals surface area (Å²) in [7, 11) is 1.88. The molecule has 0 saturated carbocycles. The number of rotatable bonds is 2. The van der Waals surface area contributed by atoms with E-state index < -0.39 is 0 Å². The number of nitrogens with zero attached hydrogens (tertiary/aromatic N) is 2. The third-order valence-corrected chi connectivity index (χ3v) is 2.29. The highest BCUT2D eigenvalue weighted by molar-refractivity contribution is 5.25. The van der Waals surface area contributed by atoms with Gasteiger partial charge in [-0.05, 0) is 19.1 Å². The Morgan fingerprint density at radius 1 is 1.57 bits per heavy atom. The Bertz CT molecular complexity index is 430. The van der Waals surface area contributed by atoms with Crippen molar-refractivity contribution in [2.45, 2.75) is 13.0 Å². The lowest BCUT2D eigenvalue weighted by atomic mass is 10.1. The Balaban J connectivity index is 2.33. The fourth-order valence-corrected chi connectivity index (χ4v) is 1.49. The van der Waals surface area contributed by atoms with Crippen molar-refractivity contribution in [1.82, 2.24) is 9.78 Å². The van der Waals surface area contributed by atoms with Gasteiger partial charge in [-0.25, -0.2) is 0 Å². The number of hydrogen-bond donors (Lipinski definition) is 1. The lowest BCUT2D eigenvalue weighted by molar-refractivity contribution is 0.529. The normalized spacial score (nSPS) is 13.1. The van der Waals surface area contributed by atoms with E-state index in [-0.39, 0.29) is 6.04 Å². The summed E-state index contributed by atoms with van der Waals surface area (Å²) in [6.07, 6.45) is 3.43. The van der Waals surface area contributed by atoms with Gasteiger partial charge in [0.15, 0.2) is 0 Å². The van der Waals surface area contributed by atoms with E-state index >= 15 is 0 Å². The molecule has 0 saturated heterocycles. The van der Waals surface area contributed by atoms with Gasteiger partial charge in [-0.15, -0.1) is 0 Å². The van der Waals surface area contributed by atoms with Crippen LogP contribution in [0.3, 0.4) is 0 Å². The van der Waals surface area contributed by atoms with Crippen LogP contribution in [0.5, 0.6) is 0 Å². The molecule has 0 radical (unpaired) electrons. The van der Waals surface area contributed by atoms with Gasteiger partial charge in [-0.2, -0.15) is 5.10 Å². The molecule has 0 aliphatic carbocycles. The number of furan rings is 1. The predicted molar refractivity (Wildman–Crippen MR) is 52.7 cm³/mol. The Morgan fingerprint density at radius 2 is 2.36 bits per heavy atom. The molecule has 2 heterocycles. The summed E-state index contributed by atoms with van der Waals surface area (Å²) < 4.78 is 6.98. The first kappa shape index (κ1) is 9.02. The highest BCUT2D eigenvalue weighted by Gasteiger charge is 2.13. The zero-order valence-electron chi connectivity index (χ0n) is 8.27. The first-order valence-corrected chi connectivity index (χ1v) is 4.47. The van der Waals surface area contributed by atoms with Gasteiger partial charge in [0.05, 0.1) is 18.0 Å². The molecule has 74 valence electrons. The second-order valence-corrected chi connectivity index (χ2v) is 3.35. The van der Waals surface area contributed by atoms with E-state index in [1.54, 1.807) is 17.1 Å². The maximum absolute atomic E-state index is 6.05. The molecule has 1 atom stereocenters. The lowest BCUT2D eigenvalue weighted by Crippen LogP contribution is -2.15. The summed E-state index contributed by atoms with van der Waals surface area (Å²) in [5.41, 5.74) is 8.01. The summed E-state index contributed by atoms with van der Waals surface area (Å²) in [5.74, 6) is 0.873. The van der Waals surface area contributed by atoms with Gasteiger partial charge in [0, 0.05) is 18.8 Å². The molecule has 2 aromatic rings. The second-order valence-electron chi connectivity index (χ2n) is 3.35. The van der Waals surface area contributed by atoms with Gasteiger partial charge in [0.25, 0.3) is 0 Å². The Morgan fingerprint density at radius 3 is 2.86 bits per heavy atom. The summed E-state index contributed by atoms with van der Waals surface area (Å²) in [6.45, 7) is 1.90. The molecule has 14 heavy (non-hydrogen) atoms. The lowest BCUT2D eigenvalue weighted by Gasteiger charge is -2.08. The second kappa shape index (κ2) is 3.31. The number of nitrogens with two attached hydrogens (primary N) is 1. The van der Waals surface area contributed by atoms with Crippen LogP contribution in [0.25, 0.3) is 0 Å². The van der Waals surface area contributed by atoms with Gasteiger partial charge < -0.3 is 10.2 Å². The molecule has 0 spiro atoms. The van der Waals surface area contributed by atoms with E-state index in [0.717, 1.165) is 17.0 Å². The molecule has 0 bridgehead atoms. The average molecular weight is 191 g/mol. The molecule has 2 aromatic heterocycles. The fourth-order valence-electron chi connectivity index (χ4n) is 1.49. The Kier molecular flexibility index (Phi) is 2.13. The molecule has 4 nitrogen and oxygen atoms in total. The van der Waals surface area contributed by atoms with Gasteiger partial charge in [0.2, 0.25) is 0 Å². The molecule has 1 unspecified atom stereocenters. The average Bonchev–Trinajstić information content (AvgIpc) is 2.73. The van der Waals surface area contributed by atoms with Crippen molar-refractivity contribution >= 4 is 0 Å². The molecule has 0 fully saturated rings. The van der Waals surface area contributed by atoms with E-state index in [1.165, 1.54) is 0 Å².